The van der Waals surface area contributed by atoms with Gasteiger partial charge in [0.1, 0.15) is 5.75 Å². The van der Waals surface area contributed by atoms with Crippen LogP contribution in [0, 0.1) is 11.3 Å². The number of nitriles is 1. The van der Waals surface area contributed by atoms with Gasteiger partial charge in [-0.3, -0.25) is 4.79 Å². The summed E-state index contributed by atoms with van der Waals surface area (Å²) in [5, 5.41) is 8.77. The monoisotopic (exact) mass is 319 g/mol. The van der Waals surface area contributed by atoms with E-state index in [0.717, 1.165) is 0 Å². The molecule has 96 valence electrons. The van der Waals surface area contributed by atoms with E-state index in [0.29, 0.717) is 0 Å². The highest BCUT2D eigenvalue weighted by atomic mass is 79.9. The number of halogens is 3. The topological polar surface area (TPSA) is 59.3 Å². The number of hydrogen-bond acceptors (Lipinski definition) is 4. The molecule has 4 nitrogen and oxygen atoms in total. The molecule has 0 amide bonds. The molecule has 0 saturated heterocycles. The van der Waals surface area contributed by atoms with Crippen LogP contribution in [0.3, 0.4) is 0 Å². The fraction of sp³-hybridized carbons (Fsp3) is 0.273. The van der Waals surface area contributed by atoms with Crippen LogP contribution in [0.1, 0.15) is 11.1 Å². The molecule has 0 unspecified atom stereocenters. The maximum absolute atomic E-state index is 12.3. The van der Waals surface area contributed by atoms with Gasteiger partial charge in [-0.25, -0.2) is 0 Å². The molecule has 18 heavy (non-hydrogen) atoms. The minimum atomic E-state index is -3.02. The largest absolute Gasteiger partial charge is 0.469 e. The second-order valence-corrected chi connectivity index (χ2v) is 4.04. The summed E-state index contributed by atoms with van der Waals surface area (Å²) in [6.45, 7) is -3.02. The van der Waals surface area contributed by atoms with Gasteiger partial charge in [-0.15, -0.1) is 0 Å². The lowest BCUT2D eigenvalue weighted by molar-refractivity contribution is -0.139. The van der Waals surface area contributed by atoms with Gasteiger partial charge in [-0.1, -0.05) is 0 Å². The van der Waals surface area contributed by atoms with Gasteiger partial charge in [0, 0.05) is 5.56 Å². The Morgan fingerprint density at radius 3 is 2.72 bits per heavy atom. The molecule has 7 heteroatoms. The average Bonchev–Trinajstić information content (AvgIpc) is 2.32. The van der Waals surface area contributed by atoms with E-state index in [1.54, 1.807) is 0 Å². The van der Waals surface area contributed by atoms with Crippen molar-refractivity contribution in [1.82, 2.24) is 0 Å². The molecule has 0 atom stereocenters. The Balaban J connectivity index is 3.20. The van der Waals surface area contributed by atoms with Gasteiger partial charge in [0.05, 0.1) is 29.6 Å². The summed E-state index contributed by atoms with van der Waals surface area (Å²) in [6, 6.07) is 4.49. The Kier molecular flexibility index (Phi) is 5.04. The zero-order chi connectivity index (χ0) is 13.7. The Morgan fingerprint density at radius 1 is 1.56 bits per heavy atom. The van der Waals surface area contributed by atoms with E-state index < -0.39 is 12.6 Å². The minimum absolute atomic E-state index is 0.160. The molecule has 0 aliphatic carbocycles. The second-order valence-electron chi connectivity index (χ2n) is 3.19. The fourth-order valence-corrected chi connectivity index (χ4v) is 1.89. The van der Waals surface area contributed by atoms with E-state index in [1.807, 2.05) is 6.07 Å². The summed E-state index contributed by atoms with van der Waals surface area (Å²) in [4.78, 5) is 11.2. The molecular weight excluding hydrogens is 312 g/mol. The van der Waals surface area contributed by atoms with Crippen LogP contribution in [0.5, 0.6) is 5.75 Å². The molecule has 0 aliphatic heterocycles. The number of hydrogen-bond donors (Lipinski definition) is 0. The van der Waals surface area contributed by atoms with Gasteiger partial charge < -0.3 is 9.47 Å². The van der Waals surface area contributed by atoms with Gasteiger partial charge in [0.15, 0.2) is 0 Å². The molecule has 0 heterocycles. The van der Waals surface area contributed by atoms with Crippen molar-refractivity contribution in [3.05, 3.63) is 27.7 Å². The van der Waals surface area contributed by atoms with E-state index in [1.165, 1.54) is 19.2 Å². The molecule has 0 saturated carbocycles. The summed E-state index contributed by atoms with van der Waals surface area (Å²) >= 11 is 3.02. The number of benzene rings is 1. The van der Waals surface area contributed by atoms with E-state index in [9.17, 15) is 13.6 Å². The summed E-state index contributed by atoms with van der Waals surface area (Å²) < 4.78 is 33.5. The quantitative estimate of drug-likeness (QED) is 0.800. The predicted octanol–water partition coefficient (Wildman–Crippen LogP) is 2.64. The van der Waals surface area contributed by atoms with E-state index >= 15 is 0 Å². The minimum Gasteiger partial charge on any atom is -0.469 e. The lowest BCUT2D eigenvalue weighted by atomic mass is 10.1. The van der Waals surface area contributed by atoms with Crippen LogP contribution in [0.4, 0.5) is 8.78 Å². The number of rotatable bonds is 4. The maximum atomic E-state index is 12.3. The third kappa shape index (κ3) is 3.67. The highest BCUT2D eigenvalue weighted by molar-refractivity contribution is 9.10. The third-order valence-electron chi connectivity index (χ3n) is 2.02. The first-order valence-corrected chi connectivity index (χ1v) is 5.51. The van der Waals surface area contributed by atoms with Crippen LogP contribution in [0.15, 0.2) is 16.6 Å². The number of carbonyl (C=O) groups is 1. The number of methoxy groups -OCH3 is 1. The van der Waals surface area contributed by atoms with Gasteiger partial charge in [-0.2, -0.15) is 14.0 Å². The summed E-state index contributed by atoms with van der Waals surface area (Å²) in [5.41, 5.74) is 0.385. The van der Waals surface area contributed by atoms with Gasteiger partial charge >= 0.3 is 12.6 Å². The molecule has 0 spiro atoms. The Labute approximate surface area is 110 Å². The third-order valence-corrected chi connectivity index (χ3v) is 2.61. The van der Waals surface area contributed by atoms with Gasteiger partial charge in [0.25, 0.3) is 0 Å². The van der Waals surface area contributed by atoms with Gasteiger partial charge in [-0.05, 0) is 28.1 Å². The molecule has 0 bridgehead atoms. The van der Waals surface area contributed by atoms with Crippen molar-refractivity contribution in [2.24, 2.45) is 0 Å². The smallest absolute Gasteiger partial charge is 0.387 e. The number of ether oxygens (including phenoxy) is 2. The van der Waals surface area contributed by atoms with E-state index in [4.69, 9.17) is 5.26 Å². The lowest BCUT2D eigenvalue weighted by Gasteiger charge is -2.12. The van der Waals surface area contributed by atoms with Crippen LogP contribution in [0.25, 0.3) is 0 Å². The number of alkyl halides is 2. The van der Waals surface area contributed by atoms with E-state index in [2.05, 4.69) is 25.4 Å². The van der Waals surface area contributed by atoms with Crippen LogP contribution in [0.2, 0.25) is 0 Å². The summed E-state index contributed by atoms with van der Waals surface area (Å²) in [6.07, 6.45) is -0.257. The average molecular weight is 320 g/mol. The van der Waals surface area contributed by atoms with Crippen LogP contribution in [-0.4, -0.2) is 19.7 Å². The summed E-state index contributed by atoms with van der Waals surface area (Å²) in [7, 11) is 1.18. The summed E-state index contributed by atoms with van der Waals surface area (Å²) in [5.74, 6) is -0.787. The molecule has 0 fully saturated rings. The van der Waals surface area contributed by atoms with Crippen molar-refractivity contribution in [2.45, 2.75) is 13.0 Å². The first-order chi connectivity index (χ1) is 8.47. The molecule has 1 aromatic rings. The molecular formula is C11H8BrF2NO3. The number of carbonyl (C=O) groups excluding carboxylic acids is 1. The van der Waals surface area contributed by atoms with Crippen molar-refractivity contribution in [3.63, 3.8) is 0 Å². The zero-order valence-corrected chi connectivity index (χ0v) is 10.8. The van der Waals surface area contributed by atoms with Gasteiger partial charge in [0.2, 0.25) is 0 Å². The Morgan fingerprint density at radius 2 is 2.22 bits per heavy atom. The lowest BCUT2D eigenvalue weighted by Crippen LogP contribution is -2.10. The SMILES string of the molecule is COC(=O)Cc1cc(C#N)cc(Br)c1OC(F)F. The normalized spacial score (nSPS) is 10.0. The zero-order valence-electron chi connectivity index (χ0n) is 9.25. The highest BCUT2D eigenvalue weighted by Crippen LogP contribution is 2.32. The number of esters is 1. The van der Waals surface area contributed by atoms with Crippen LogP contribution >= 0.6 is 15.9 Å². The maximum Gasteiger partial charge on any atom is 0.387 e. The van der Waals surface area contributed by atoms with Crippen molar-refractivity contribution in [2.75, 3.05) is 7.11 Å². The highest BCUT2D eigenvalue weighted by Gasteiger charge is 2.17. The first kappa shape index (κ1) is 14.4. The molecule has 0 N–H and O–H groups in total. The second kappa shape index (κ2) is 6.31. The van der Waals surface area contributed by atoms with Crippen molar-refractivity contribution in [1.29, 1.82) is 5.26 Å². The fourth-order valence-electron chi connectivity index (χ4n) is 1.29. The van der Waals surface area contributed by atoms with Crippen LogP contribution < -0.4 is 4.74 Å². The standard InChI is InChI=1S/C11H8BrF2NO3/c1-17-9(16)4-7-2-6(5-15)3-8(12)10(7)18-11(13)14/h2-3,11H,4H2,1H3. The van der Waals surface area contributed by atoms with Crippen LogP contribution in [-0.2, 0) is 16.0 Å². The molecule has 0 aliphatic rings. The number of nitrogens with zero attached hydrogens (tertiary/aromatic N) is 1. The molecule has 0 radical (unpaired) electrons. The Bertz CT molecular complexity index is 500. The molecule has 0 aromatic heterocycles. The molecule has 1 rings (SSSR count). The first-order valence-electron chi connectivity index (χ1n) is 4.72. The predicted molar refractivity (Wildman–Crippen MR) is 61.2 cm³/mol. The van der Waals surface area contributed by atoms with Crippen molar-refractivity contribution in [3.8, 4) is 11.8 Å². The Hall–Kier alpha value is -1.68. The molecule has 1 aromatic carbocycles. The van der Waals surface area contributed by atoms with Crippen molar-refractivity contribution < 1.29 is 23.0 Å². The van der Waals surface area contributed by atoms with E-state index in [-0.39, 0.29) is 27.8 Å². The van der Waals surface area contributed by atoms with Crippen molar-refractivity contribution >= 4 is 21.9 Å².